The Morgan fingerprint density at radius 2 is 2.43 bits per heavy atom. The summed E-state index contributed by atoms with van der Waals surface area (Å²) in [6.45, 7) is 3.07. The van der Waals surface area contributed by atoms with Crippen molar-refractivity contribution in [2.24, 2.45) is 5.92 Å². The lowest BCUT2D eigenvalue weighted by Gasteiger charge is -2.26. The zero-order chi connectivity index (χ0) is 9.71. The molecule has 1 heterocycles. The fourth-order valence-electron chi connectivity index (χ4n) is 3.10. The Labute approximate surface area is 83.7 Å². The molecule has 0 aliphatic heterocycles. The van der Waals surface area contributed by atoms with Gasteiger partial charge < -0.3 is 5.11 Å². The second-order valence-corrected chi connectivity index (χ2v) is 4.50. The van der Waals surface area contributed by atoms with E-state index in [1.165, 1.54) is 17.7 Å². The van der Waals surface area contributed by atoms with E-state index in [9.17, 15) is 5.11 Å². The van der Waals surface area contributed by atoms with Crippen LogP contribution in [0.1, 0.15) is 36.9 Å². The molecule has 3 heteroatoms. The van der Waals surface area contributed by atoms with Crippen molar-refractivity contribution in [3.8, 4) is 0 Å². The predicted molar refractivity (Wildman–Crippen MR) is 53.1 cm³/mol. The molecule has 1 aromatic rings. The molecular weight excluding hydrogens is 176 g/mol. The average Bonchev–Trinajstić information content (AvgIpc) is 2.68. The highest BCUT2D eigenvalue weighted by Gasteiger charge is 2.42. The number of aryl methyl sites for hydroxylation is 1. The maximum atomic E-state index is 10.0. The first-order valence-corrected chi connectivity index (χ1v) is 5.54. The number of fused-ring (bicyclic) bond motifs is 4. The van der Waals surface area contributed by atoms with E-state index < -0.39 is 0 Å². The highest BCUT2D eigenvalue weighted by Crippen LogP contribution is 2.46. The molecule has 0 spiro atoms. The minimum Gasteiger partial charge on any atom is -0.392 e. The maximum Gasteiger partial charge on any atom is 0.0641 e. The average molecular weight is 192 g/mol. The van der Waals surface area contributed by atoms with Gasteiger partial charge in [0.1, 0.15) is 0 Å². The molecule has 0 radical (unpaired) electrons. The molecule has 1 fully saturated rings. The Morgan fingerprint density at radius 1 is 1.57 bits per heavy atom. The lowest BCUT2D eigenvalue weighted by molar-refractivity contribution is 0.107. The third-order valence-electron chi connectivity index (χ3n) is 3.88. The number of hydrogen-bond acceptors (Lipinski definition) is 2. The fourth-order valence-corrected chi connectivity index (χ4v) is 3.10. The third kappa shape index (κ3) is 0.934. The van der Waals surface area contributed by atoms with E-state index in [0.29, 0.717) is 11.8 Å². The number of aromatic nitrogens is 2. The summed E-state index contributed by atoms with van der Waals surface area (Å²) in [5.41, 5.74) is 2.69. The lowest BCUT2D eigenvalue weighted by Crippen LogP contribution is -2.27. The Balaban J connectivity index is 2.08. The molecule has 3 nitrogen and oxygen atoms in total. The van der Waals surface area contributed by atoms with E-state index in [2.05, 4.69) is 16.7 Å². The van der Waals surface area contributed by atoms with E-state index in [1.807, 2.05) is 6.20 Å². The molecular formula is C11H16N2O. The monoisotopic (exact) mass is 192 g/mol. The van der Waals surface area contributed by atoms with Crippen molar-refractivity contribution in [2.45, 2.75) is 44.8 Å². The van der Waals surface area contributed by atoms with E-state index >= 15 is 0 Å². The molecule has 14 heavy (non-hydrogen) atoms. The molecule has 1 saturated carbocycles. The third-order valence-corrected chi connectivity index (χ3v) is 3.88. The second kappa shape index (κ2) is 2.83. The van der Waals surface area contributed by atoms with Gasteiger partial charge in [-0.1, -0.05) is 0 Å². The molecule has 0 amide bonds. The molecule has 2 aliphatic rings. The van der Waals surface area contributed by atoms with Crippen LogP contribution in [0.2, 0.25) is 0 Å². The summed E-state index contributed by atoms with van der Waals surface area (Å²) in [6.07, 6.45) is 5.23. The number of rotatable bonds is 1. The Morgan fingerprint density at radius 3 is 3.21 bits per heavy atom. The first-order valence-electron chi connectivity index (χ1n) is 5.54. The van der Waals surface area contributed by atoms with Gasteiger partial charge in [-0.2, -0.15) is 5.10 Å². The van der Waals surface area contributed by atoms with Gasteiger partial charge in [0.25, 0.3) is 0 Å². The number of hydrogen-bond donors (Lipinski definition) is 1. The SMILES string of the molecule is CCn1ncc2c1C[C@H]1CC[C@H]2[C@H]1O. The van der Waals surface area contributed by atoms with Gasteiger partial charge in [0.15, 0.2) is 0 Å². The normalized spacial score (nSPS) is 34.6. The molecule has 0 unspecified atom stereocenters. The summed E-state index contributed by atoms with van der Waals surface area (Å²) in [7, 11) is 0. The minimum absolute atomic E-state index is 0.1000. The van der Waals surface area contributed by atoms with Gasteiger partial charge in [-0.25, -0.2) is 0 Å². The second-order valence-electron chi connectivity index (χ2n) is 4.50. The summed E-state index contributed by atoms with van der Waals surface area (Å²) < 4.78 is 2.09. The van der Waals surface area contributed by atoms with E-state index in [4.69, 9.17) is 0 Å². The number of nitrogens with zero attached hydrogens (tertiary/aromatic N) is 2. The summed E-state index contributed by atoms with van der Waals surface area (Å²) in [5.74, 6) is 0.874. The van der Waals surface area contributed by atoms with E-state index in [0.717, 1.165) is 19.4 Å². The smallest absolute Gasteiger partial charge is 0.0641 e. The summed E-state index contributed by atoms with van der Waals surface area (Å²) in [5, 5.41) is 14.4. The van der Waals surface area contributed by atoms with Crippen LogP contribution in [0.15, 0.2) is 6.20 Å². The van der Waals surface area contributed by atoms with Gasteiger partial charge in [-0.3, -0.25) is 4.68 Å². The molecule has 3 atom stereocenters. The van der Waals surface area contributed by atoms with Crippen molar-refractivity contribution in [3.05, 3.63) is 17.5 Å². The van der Waals surface area contributed by atoms with Gasteiger partial charge in [0.05, 0.1) is 12.3 Å². The minimum atomic E-state index is -0.1000. The van der Waals surface area contributed by atoms with Crippen LogP contribution in [-0.2, 0) is 13.0 Å². The van der Waals surface area contributed by atoms with Crippen LogP contribution >= 0.6 is 0 Å². The van der Waals surface area contributed by atoms with Crippen molar-refractivity contribution in [1.82, 2.24) is 9.78 Å². The largest absolute Gasteiger partial charge is 0.392 e. The van der Waals surface area contributed by atoms with Crippen LogP contribution < -0.4 is 0 Å². The van der Waals surface area contributed by atoms with Gasteiger partial charge in [0, 0.05) is 18.2 Å². The van der Waals surface area contributed by atoms with Crippen molar-refractivity contribution < 1.29 is 5.11 Å². The maximum absolute atomic E-state index is 10.0. The number of aliphatic hydroxyl groups excluding tert-OH is 1. The Hall–Kier alpha value is -0.830. The van der Waals surface area contributed by atoms with Crippen molar-refractivity contribution in [1.29, 1.82) is 0 Å². The van der Waals surface area contributed by atoms with Crippen LogP contribution in [0.5, 0.6) is 0 Å². The topological polar surface area (TPSA) is 38.0 Å². The zero-order valence-corrected chi connectivity index (χ0v) is 8.48. The first kappa shape index (κ1) is 8.48. The van der Waals surface area contributed by atoms with Crippen LogP contribution in [0.4, 0.5) is 0 Å². The molecule has 2 bridgehead atoms. The Kier molecular flexibility index (Phi) is 1.71. The summed E-state index contributed by atoms with van der Waals surface area (Å²) in [4.78, 5) is 0. The zero-order valence-electron chi connectivity index (χ0n) is 8.48. The molecule has 1 aromatic heterocycles. The van der Waals surface area contributed by atoms with Crippen LogP contribution in [0, 0.1) is 5.92 Å². The van der Waals surface area contributed by atoms with Crippen molar-refractivity contribution >= 4 is 0 Å². The van der Waals surface area contributed by atoms with Crippen molar-refractivity contribution in [3.63, 3.8) is 0 Å². The standard InChI is InChI=1S/C11H16N2O/c1-2-13-10-5-7-3-4-8(11(7)14)9(10)6-12-13/h6-8,11,14H,2-5H2,1H3/t7-,8-,11+/m1/s1. The highest BCUT2D eigenvalue weighted by atomic mass is 16.3. The van der Waals surface area contributed by atoms with Crippen LogP contribution in [-0.4, -0.2) is 21.0 Å². The molecule has 0 saturated heterocycles. The predicted octanol–water partition coefficient (Wildman–Crippen LogP) is 1.31. The highest BCUT2D eigenvalue weighted by molar-refractivity contribution is 5.30. The van der Waals surface area contributed by atoms with Gasteiger partial charge >= 0.3 is 0 Å². The quantitative estimate of drug-likeness (QED) is 0.728. The van der Waals surface area contributed by atoms with Crippen LogP contribution in [0.3, 0.4) is 0 Å². The fraction of sp³-hybridized carbons (Fsp3) is 0.727. The molecule has 0 aromatic carbocycles. The molecule has 1 N–H and O–H groups in total. The van der Waals surface area contributed by atoms with E-state index in [-0.39, 0.29) is 6.10 Å². The summed E-state index contributed by atoms with van der Waals surface area (Å²) >= 11 is 0. The van der Waals surface area contributed by atoms with Gasteiger partial charge in [0.2, 0.25) is 0 Å². The van der Waals surface area contributed by atoms with Gasteiger partial charge in [-0.15, -0.1) is 0 Å². The van der Waals surface area contributed by atoms with Crippen LogP contribution in [0.25, 0.3) is 0 Å². The van der Waals surface area contributed by atoms with Gasteiger partial charge in [-0.05, 0) is 37.7 Å². The Bertz CT molecular complexity index is 358. The molecule has 76 valence electrons. The first-order chi connectivity index (χ1) is 6.81. The molecule has 2 aliphatic carbocycles. The lowest BCUT2D eigenvalue weighted by atomic mass is 9.85. The molecule has 3 rings (SSSR count). The van der Waals surface area contributed by atoms with E-state index in [1.54, 1.807) is 0 Å². The summed E-state index contributed by atoms with van der Waals surface area (Å²) in [6, 6.07) is 0. The number of aliphatic hydroxyl groups is 1. The van der Waals surface area contributed by atoms with Crippen molar-refractivity contribution in [2.75, 3.05) is 0 Å².